The van der Waals surface area contributed by atoms with Gasteiger partial charge in [-0.2, -0.15) is 0 Å². The number of piperazine rings is 1. The number of nitrogens with zero attached hydrogens (tertiary/aromatic N) is 7. The molecule has 39 heavy (non-hydrogen) atoms. The molecule has 4 aromatic rings. The smallest absolute Gasteiger partial charge is 0.259 e. The van der Waals surface area contributed by atoms with E-state index in [1.165, 1.54) is 23.5 Å². The minimum Gasteiger partial charge on any atom is -0.367 e. The summed E-state index contributed by atoms with van der Waals surface area (Å²) in [5, 5.41) is 3.42. The monoisotopic (exact) mass is 548 g/mol. The van der Waals surface area contributed by atoms with E-state index in [0.717, 1.165) is 35.6 Å². The zero-order chi connectivity index (χ0) is 27.1. The number of carbonyl (C=O) groups excluding carboxylic acids is 2. The van der Waals surface area contributed by atoms with E-state index < -0.39 is 11.7 Å². The first-order valence-electron chi connectivity index (χ1n) is 12.9. The highest BCUT2D eigenvalue weighted by Crippen LogP contribution is 2.30. The summed E-state index contributed by atoms with van der Waals surface area (Å²) in [5.41, 5.74) is 3.33. The Kier molecular flexibility index (Phi) is 6.73. The summed E-state index contributed by atoms with van der Waals surface area (Å²) < 4.78 is 16.1. The number of pyridine rings is 1. The summed E-state index contributed by atoms with van der Waals surface area (Å²) in [7, 11) is 2.06. The van der Waals surface area contributed by atoms with Gasteiger partial charge in [0, 0.05) is 61.9 Å². The Balaban J connectivity index is 1.15. The summed E-state index contributed by atoms with van der Waals surface area (Å²) in [5.74, 6) is -0.899. The minimum atomic E-state index is -0.480. The van der Waals surface area contributed by atoms with Crippen molar-refractivity contribution in [1.29, 1.82) is 0 Å². The molecule has 202 valence electrons. The number of halogens is 1. The van der Waals surface area contributed by atoms with Crippen LogP contribution in [-0.4, -0.2) is 80.4 Å². The van der Waals surface area contributed by atoms with Crippen LogP contribution in [0.3, 0.4) is 0 Å². The van der Waals surface area contributed by atoms with Crippen LogP contribution in [0.25, 0.3) is 11.2 Å². The zero-order valence-electron chi connectivity index (χ0n) is 21.8. The predicted octanol–water partition coefficient (Wildman–Crippen LogP) is 3.00. The molecule has 0 saturated carbocycles. The number of fused-ring (bicyclic) bond motifs is 2. The van der Waals surface area contributed by atoms with Crippen LogP contribution >= 0.6 is 11.3 Å². The van der Waals surface area contributed by atoms with Crippen LogP contribution in [0.2, 0.25) is 0 Å². The zero-order valence-corrected chi connectivity index (χ0v) is 22.6. The van der Waals surface area contributed by atoms with Crippen LogP contribution in [0, 0.1) is 5.82 Å². The van der Waals surface area contributed by atoms with Crippen molar-refractivity contribution in [1.82, 2.24) is 29.3 Å². The molecule has 1 atom stereocenters. The highest BCUT2D eigenvalue weighted by molar-refractivity contribution is 7.15. The van der Waals surface area contributed by atoms with E-state index in [9.17, 15) is 14.0 Å². The van der Waals surface area contributed by atoms with Gasteiger partial charge >= 0.3 is 0 Å². The van der Waals surface area contributed by atoms with Gasteiger partial charge in [0.25, 0.3) is 5.91 Å². The highest BCUT2D eigenvalue weighted by atomic mass is 32.1. The molecule has 0 spiro atoms. The van der Waals surface area contributed by atoms with Gasteiger partial charge in [0.2, 0.25) is 5.91 Å². The average Bonchev–Trinajstić information content (AvgIpc) is 3.51. The van der Waals surface area contributed by atoms with Gasteiger partial charge in [0.05, 0.1) is 17.6 Å². The molecule has 2 amide bonds. The minimum absolute atomic E-state index is 0.0254. The molecule has 12 heteroatoms. The first-order valence-corrected chi connectivity index (χ1v) is 13.8. The highest BCUT2D eigenvalue weighted by Gasteiger charge is 2.30. The summed E-state index contributed by atoms with van der Waals surface area (Å²) in [6.45, 7) is 5.37. The normalized spacial score (nSPS) is 17.9. The molecule has 1 N–H and O–H groups in total. The summed E-state index contributed by atoms with van der Waals surface area (Å²) >= 11 is 1.47. The number of imidazole rings is 1. The van der Waals surface area contributed by atoms with E-state index in [1.807, 2.05) is 28.9 Å². The van der Waals surface area contributed by atoms with Crippen molar-refractivity contribution in [2.24, 2.45) is 0 Å². The molecular weight excluding hydrogens is 519 g/mol. The Hall–Kier alpha value is -3.90. The molecule has 0 radical (unpaired) electrons. The van der Waals surface area contributed by atoms with Gasteiger partial charge in [-0.1, -0.05) is 0 Å². The lowest BCUT2D eigenvalue weighted by atomic mass is 10.1. The van der Waals surface area contributed by atoms with Gasteiger partial charge < -0.3 is 19.3 Å². The molecule has 6 rings (SSSR count). The van der Waals surface area contributed by atoms with Crippen LogP contribution in [0.4, 0.5) is 15.2 Å². The Bertz CT molecular complexity index is 1550. The number of carbonyl (C=O) groups is 2. The second kappa shape index (κ2) is 10.3. The average molecular weight is 549 g/mol. The number of hydrogen-bond donors (Lipinski definition) is 1. The van der Waals surface area contributed by atoms with Crippen molar-refractivity contribution in [2.45, 2.75) is 32.5 Å². The van der Waals surface area contributed by atoms with Crippen molar-refractivity contribution in [2.75, 3.05) is 43.4 Å². The summed E-state index contributed by atoms with van der Waals surface area (Å²) in [4.78, 5) is 47.0. The van der Waals surface area contributed by atoms with Crippen molar-refractivity contribution in [3.8, 4) is 0 Å². The van der Waals surface area contributed by atoms with E-state index in [1.54, 1.807) is 23.2 Å². The molecule has 2 aliphatic rings. The van der Waals surface area contributed by atoms with Gasteiger partial charge in [-0.05, 0) is 44.3 Å². The Morgan fingerprint density at radius 1 is 1.18 bits per heavy atom. The molecule has 1 fully saturated rings. The number of thiazole rings is 1. The van der Waals surface area contributed by atoms with E-state index in [-0.39, 0.29) is 24.1 Å². The molecule has 0 aliphatic carbocycles. The Morgan fingerprint density at radius 3 is 2.90 bits per heavy atom. The van der Waals surface area contributed by atoms with E-state index in [0.29, 0.717) is 36.1 Å². The maximum Gasteiger partial charge on any atom is 0.259 e. The molecule has 1 aromatic carbocycles. The van der Waals surface area contributed by atoms with Crippen molar-refractivity contribution in [3.05, 3.63) is 64.8 Å². The lowest BCUT2D eigenvalue weighted by Crippen LogP contribution is -2.55. The van der Waals surface area contributed by atoms with Crippen LogP contribution in [0.5, 0.6) is 0 Å². The number of rotatable bonds is 5. The fraction of sp³-hybridized carbons (Fsp3) is 0.370. The van der Waals surface area contributed by atoms with Gasteiger partial charge in [0.15, 0.2) is 10.8 Å². The molecule has 10 nitrogen and oxygen atoms in total. The third-order valence-corrected chi connectivity index (χ3v) is 8.31. The van der Waals surface area contributed by atoms with E-state index >= 15 is 0 Å². The molecule has 1 saturated heterocycles. The van der Waals surface area contributed by atoms with Crippen LogP contribution in [0.15, 0.2) is 42.9 Å². The predicted molar refractivity (Wildman–Crippen MR) is 147 cm³/mol. The molecule has 0 bridgehead atoms. The largest absolute Gasteiger partial charge is 0.367 e. The lowest BCUT2D eigenvalue weighted by molar-refractivity contribution is -0.134. The molecule has 2 aliphatic heterocycles. The van der Waals surface area contributed by atoms with Gasteiger partial charge in [-0.25, -0.2) is 19.3 Å². The second-order valence-electron chi connectivity index (χ2n) is 10.1. The van der Waals surface area contributed by atoms with Crippen LogP contribution < -0.4 is 10.2 Å². The van der Waals surface area contributed by atoms with Crippen LogP contribution in [0.1, 0.15) is 27.9 Å². The molecular formula is C27H29FN8O2S. The first kappa shape index (κ1) is 25.4. The fourth-order valence-corrected chi connectivity index (χ4v) is 6.39. The van der Waals surface area contributed by atoms with Crippen molar-refractivity contribution >= 4 is 45.1 Å². The number of amides is 2. The topological polar surface area (TPSA) is 99.5 Å². The SMILES string of the molecule is C[C@H]1CN(c2ccc(F)cc2C(=O)Nc2nc3c(s2)CN(C)CC3)CCN1C(=O)Cn1cnc2cccnc21. The first-order chi connectivity index (χ1) is 18.9. The lowest BCUT2D eigenvalue weighted by Gasteiger charge is -2.41. The standard InChI is InChI=1S/C27H29FN8O2S/c1-17-13-34(10-11-36(17)24(37)15-35-16-30-21-4-3-8-29-25(21)35)22-6-5-18(28)12-19(22)26(38)32-27-31-20-7-9-33(2)14-23(20)39-27/h3-6,8,12,16-17H,7,9-11,13-15H2,1-2H3,(H,31,32,38)/t17-/m0/s1. The van der Waals surface area contributed by atoms with E-state index in [4.69, 9.17) is 0 Å². The molecule has 3 aromatic heterocycles. The quantitative estimate of drug-likeness (QED) is 0.409. The second-order valence-corrected chi connectivity index (χ2v) is 11.2. The summed E-state index contributed by atoms with van der Waals surface area (Å²) in [6.07, 6.45) is 4.17. The maximum atomic E-state index is 14.3. The van der Waals surface area contributed by atoms with E-state index in [2.05, 4.69) is 32.2 Å². The fourth-order valence-electron chi connectivity index (χ4n) is 5.30. The van der Waals surface area contributed by atoms with Gasteiger partial charge in [0.1, 0.15) is 17.9 Å². The van der Waals surface area contributed by atoms with Crippen molar-refractivity contribution < 1.29 is 14.0 Å². The number of aromatic nitrogens is 4. The number of anilines is 2. The third-order valence-electron chi connectivity index (χ3n) is 7.31. The summed E-state index contributed by atoms with van der Waals surface area (Å²) in [6, 6.07) is 7.84. The number of hydrogen-bond acceptors (Lipinski definition) is 8. The Labute approximate surface area is 229 Å². The maximum absolute atomic E-state index is 14.3. The number of nitrogens with one attached hydrogen (secondary N) is 1. The van der Waals surface area contributed by atoms with Gasteiger partial charge in [-0.15, -0.1) is 11.3 Å². The third kappa shape index (κ3) is 5.09. The Morgan fingerprint density at radius 2 is 2.05 bits per heavy atom. The van der Waals surface area contributed by atoms with Crippen molar-refractivity contribution in [3.63, 3.8) is 0 Å². The number of likely N-dealkylation sites (N-methyl/N-ethyl adjacent to an activating group) is 1. The number of benzene rings is 1. The van der Waals surface area contributed by atoms with Gasteiger partial charge in [-0.3, -0.25) is 14.9 Å². The molecule has 5 heterocycles. The molecule has 0 unspecified atom stereocenters. The van der Waals surface area contributed by atoms with Crippen LogP contribution in [-0.2, 0) is 24.3 Å².